The van der Waals surface area contributed by atoms with Crippen molar-refractivity contribution < 1.29 is 18.6 Å². The Morgan fingerprint density at radius 1 is 1.12 bits per heavy atom. The minimum atomic E-state index is -3.81. The van der Waals surface area contributed by atoms with Crippen LogP contribution in [0.2, 0.25) is 0 Å². The van der Waals surface area contributed by atoms with Gasteiger partial charge in [0.2, 0.25) is 15.2 Å². The molecule has 32 heavy (non-hydrogen) atoms. The Balaban J connectivity index is 1.84. The zero-order valence-corrected chi connectivity index (χ0v) is 18.1. The van der Waals surface area contributed by atoms with E-state index in [1.54, 1.807) is 12.1 Å². The van der Waals surface area contributed by atoms with Crippen molar-refractivity contribution in [2.24, 2.45) is 5.14 Å². The molecule has 0 aliphatic rings. The van der Waals surface area contributed by atoms with Crippen molar-refractivity contribution in [3.8, 4) is 22.5 Å². The molecule has 0 fully saturated rings. The molecule has 0 saturated carbocycles. The molecule has 0 aliphatic heterocycles. The Morgan fingerprint density at radius 3 is 2.38 bits per heavy atom. The van der Waals surface area contributed by atoms with Crippen LogP contribution in [0.5, 0.6) is 0 Å². The second-order valence-electron chi connectivity index (χ2n) is 6.86. The maximum absolute atomic E-state index is 11.5. The standard InChI is InChI=1S/C21H17N5O4S2/c22-11-18-16(10-13-6-8-15(9-7-13)32(23,29)30)19(14-4-2-1-3-5-14)25-26(18)21-24-17(12-31-21)20(27)28/h1-9,12,20,27-28H,10H2,(H2,23,29,30). The van der Waals surface area contributed by atoms with Gasteiger partial charge in [-0.3, -0.25) is 0 Å². The number of nitrogens with zero attached hydrogens (tertiary/aromatic N) is 4. The summed E-state index contributed by atoms with van der Waals surface area (Å²) in [7, 11) is -3.81. The number of primary sulfonamides is 1. The highest BCUT2D eigenvalue weighted by molar-refractivity contribution is 7.89. The summed E-state index contributed by atoms with van der Waals surface area (Å²) in [6.45, 7) is 0. The SMILES string of the molecule is N#Cc1c(Cc2ccc(S(N)(=O)=O)cc2)c(-c2ccccc2)nn1-c1nc(C(O)O)cs1. The molecule has 9 nitrogen and oxygen atoms in total. The summed E-state index contributed by atoms with van der Waals surface area (Å²) in [5.74, 6) is 0. The number of benzene rings is 2. The van der Waals surface area contributed by atoms with Crippen LogP contribution in [0.4, 0.5) is 0 Å². The monoisotopic (exact) mass is 467 g/mol. The van der Waals surface area contributed by atoms with Crippen LogP contribution in [0.25, 0.3) is 16.4 Å². The van der Waals surface area contributed by atoms with Gasteiger partial charge >= 0.3 is 0 Å². The van der Waals surface area contributed by atoms with E-state index in [1.807, 2.05) is 30.3 Å². The van der Waals surface area contributed by atoms with Gasteiger partial charge in [0.05, 0.1) is 10.6 Å². The number of hydrogen-bond donors (Lipinski definition) is 3. The van der Waals surface area contributed by atoms with Crippen molar-refractivity contribution in [3.05, 3.63) is 82.5 Å². The summed E-state index contributed by atoms with van der Waals surface area (Å²) < 4.78 is 24.4. The van der Waals surface area contributed by atoms with Gasteiger partial charge < -0.3 is 10.2 Å². The molecule has 4 N–H and O–H groups in total. The molecule has 2 aromatic carbocycles. The van der Waals surface area contributed by atoms with Gasteiger partial charge in [-0.15, -0.1) is 11.3 Å². The van der Waals surface area contributed by atoms with Crippen molar-refractivity contribution in [2.75, 3.05) is 0 Å². The first kappa shape index (κ1) is 21.8. The molecule has 2 aromatic heterocycles. The van der Waals surface area contributed by atoms with E-state index in [0.29, 0.717) is 22.8 Å². The highest BCUT2D eigenvalue weighted by Crippen LogP contribution is 2.31. The molecular weight excluding hydrogens is 450 g/mol. The van der Waals surface area contributed by atoms with E-state index in [-0.39, 0.29) is 16.3 Å². The lowest BCUT2D eigenvalue weighted by molar-refractivity contribution is -0.0454. The Hall–Kier alpha value is -3.40. The number of sulfonamides is 1. The maximum Gasteiger partial charge on any atom is 0.238 e. The smallest absolute Gasteiger partial charge is 0.238 e. The lowest BCUT2D eigenvalue weighted by atomic mass is 9.99. The number of hydrogen-bond acceptors (Lipinski definition) is 8. The van der Waals surface area contributed by atoms with E-state index in [2.05, 4.69) is 16.2 Å². The number of aliphatic hydroxyl groups excluding tert-OH is 1. The number of aromatic nitrogens is 3. The normalized spacial score (nSPS) is 11.6. The third kappa shape index (κ3) is 4.31. The van der Waals surface area contributed by atoms with Gasteiger partial charge in [-0.25, -0.2) is 18.5 Å². The summed E-state index contributed by atoms with van der Waals surface area (Å²) in [5.41, 5.74) is 3.05. The number of thiazole rings is 1. The van der Waals surface area contributed by atoms with Crippen LogP contribution >= 0.6 is 11.3 Å². The number of nitrogens with two attached hydrogens (primary N) is 1. The first-order valence-electron chi connectivity index (χ1n) is 9.29. The van der Waals surface area contributed by atoms with E-state index in [1.165, 1.54) is 22.2 Å². The van der Waals surface area contributed by atoms with Crippen molar-refractivity contribution in [2.45, 2.75) is 17.6 Å². The van der Waals surface area contributed by atoms with Crippen LogP contribution in [0.15, 0.2) is 64.9 Å². The number of aliphatic hydroxyl groups is 2. The highest BCUT2D eigenvalue weighted by Gasteiger charge is 2.23. The van der Waals surface area contributed by atoms with Crippen LogP contribution in [0.3, 0.4) is 0 Å². The zero-order valence-electron chi connectivity index (χ0n) is 16.5. The van der Waals surface area contributed by atoms with Gasteiger partial charge in [-0.1, -0.05) is 42.5 Å². The van der Waals surface area contributed by atoms with Crippen LogP contribution in [0, 0.1) is 11.3 Å². The fraction of sp³-hybridized carbons (Fsp3) is 0.0952. The maximum atomic E-state index is 11.5. The second kappa shape index (κ2) is 8.62. The van der Waals surface area contributed by atoms with Crippen molar-refractivity contribution in [1.29, 1.82) is 5.26 Å². The minimum Gasteiger partial charge on any atom is -0.363 e. The van der Waals surface area contributed by atoms with E-state index < -0.39 is 16.3 Å². The predicted octanol–water partition coefficient (Wildman–Crippen LogP) is 2.09. The summed E-state index contributed by atoms with van der Waals surface area (Å²) >= 11 is 1.13. The molecule has 11 heteroatoms. The molecule has 0 atom stereocenters. The molecule has 0 unspecified atom stereocenters. The zero-order chi connectivity index (χ0) is 22.9. The van der Waals surface area contributed by atoms with E-state index >= 15 is 0 Å². The number of rotatable bonds is 6. The summed E-state index contributed by atoms with van der Waals surface area (Å²) in [4.78, 5) is 4.17. The van der Waals surface area contributed by atoms with Crippen LogP contribution < -0.4 is 5.14 Å². The molecule has 0 bridgehead atoms. The average Bonchev–Trinajstić information content (AvgIpc) is 3.39. The van der Waals surface area contributed by atoms with Crippen molar-refractivity contribution >= 4 is 21.4 Å². The molecule has 4 rings (SSSR count). The molecule has 162 valence electrons. The van der Waals surface area contributed by atoms with E-state index in [0.717, 1.165) is 22.5 Å². The molecule has 0 spiro atoms. The Morgan fingerprint density at radius 2 is 1.81 bits per heavy atom. The second-order valence-corrected chi connectivity index (χ2v) is 9.26. The Bertz CT molecular complexity index is 1400. The topological polar surface area (TPSA) is 155 Å². The largest absolute Gasteiger partial charge is 0.363 e. The van der Waals surface area contributed by atoms with E-state index in [9.17, 15) is 23.9 Å². The lowest BCUT2D eigenvalue weighted by Gasteiger charge is -2.05. The lowest BCUT2D eigenvalue weighted by Crippen LogP contribution is -2.11. The fourth-order valence-electron chi connectivity index (χ4n) is 3.19. The molecule has 0 saturated heterocycles. The molecule has 0 amide bonds. The van der Waals surface area contributed by atoms with Crippen LogP contribution in [0.1, 0.15) is 28.8 Å². The summed E-state index contributed by atoms with van der Waals surface area (Å²) in [6.07, 6.45) is -1.43. The quantitative estimate of drug-likeness (QED) is 0.367. The fourth-order valence-corrected chi connectivity index (χ4v) is 4.50. The van der Waals surface area contributed by atoms with Crippen LogP contribution in [-0.4, -0.2) is 33.4 Å². The molecule has 0 aliphatic carbocycles. The summed E-state index contributed by atoms with van der Waals surface area (Å²) in [5, 5.41) is 40.3. The Kier molecular flexibility index (Phi) is 5.88. The van der Waals surface area contributed by atoms with Gasteiger partial charge in [0, 0.05) is 22.9 Å². The molecule has 2 heterocycles. The van der Waals surface area contributed by atoms with Crippen LogP contribution in [-0.2, 0) is 16.4 Å². The van der Waals surface area contributed by atoms with Gasteiger partial charge in [-0.2, -0.15) is 15.0 Å². The molecular formula is C21H17N5O4S2. The third-order valence-electron chi connectivity index (χ3n) is 4.72. The Labute approximate surface area is 187 Å². The highest BCUT2D eigenvalue weighted by atomic mass is 32.2. The number of nitriles is 1. The predicted molar refractivity (Wildman–Crippen MR) is 117 cm³/mol. The van der Waals surface area contributed by atoms with Gasteiger partial charge in [-0.05, 0) is 17.7 Å². The van der Waals surface area contributed by atoms with Gasteiger partial charge in [0.15, 0.2) is 12.0 Å². The van der Waals surface area contributed by atoms with Crippen molar-refractivity contribution in [1.82, 2.24) is 14.8 Å². The van der Waals surface area contributed by atoms with Crippen molar-refractivity contribution in [3.63, 3.8) is 0 Å². The first-order chi connectivity index (χ1) is 15.3. The van der Waals surface area contributed by atoms with E-state index in [4.69, 9.17) is 5.14 Å². The first-order valence-corrected chi connectivity index (χ1v) is 11.7. The average molecular weight is 468 g/mol. The van der Waals surface area contributed by atoms with Gasteiger partial charge in [0.25, 0.3) is 0 Å². The van der Waals surface area contributed by atoms with Gasteiger partial charge in [0.1, 0.15) is 11.8 Å². The minimum absolute atomic E-state index is 0.00129. The molecule has 0 radical (unpaired) electrons. The third-order valence-corrected chi connectivity index (χ3v) is 6.49. The summed E-state index contributed by atoms with van der Waals surface area (Å²) in [6, 6.07) is 17.6. The molecule has 4 aromatic rings.